The molecule has 2 saturated carbocycles. The van der Waals surface area contributed by atoms with Gasteiger partial charge in [-0.25, -0.2) is 0 Å². The summed E-state index contributed by atoms with van der Waals surface area (Å²) in [5, 5.41) is 0. The third-order valence-corrected chi connectivity index (χ3v) is 4.05. The molecule has 2 heteroatoms. The molecule has 0 spiro atoms. The highest BCUT2D eigenvalue weighted by atomic mass is 16.1. The molecule has 0 N–H and O–H groups in total. The van der Waals surface area contributed by atoms with Gasteiger partial charge in [0.15, 0.2) is 0 Å². The molecule has 2 nitrogen and oxygen atoms in total. The normalized spacial score (nSPS) is 42.7. The summed E-state index contributed by atoms with van der Waals surface area (Å²) in [7, 11) is 0. The molecule has 2 bridgehead atoms. The molecule has 0 aromatic carbocycles. The second-order valence-corrected chi connectivity index (χ2v) is 4.69. The number of ketones is 1. The maximum Gasteiger partial charge on any atom is 0.142 e. The van der Waals surface area contributed by atoms with Crippen LogP contribution >= 0.6 is 0 Å². The molecule has 2 aliphatic rings. The van der Waals surface area contributed by atoms with Crippen molar-refractivity contribution in [2.24, 2.45) is 17.3 Å². The largest absolute Gasteiger partial charge is 0.303 e. The third-order valence-electron chi connectivity index (χ3n) is 4.05. The highest BCUT2D eigenvalue weighted by Crippen LogP contribution is 2.55. The van der Waals surface area contributed by atoms with E-state index in [2.05, 4.69) is 6.92 Å². The lowest BCUT2D eigenvalue weighted by Crippen LogP contribution is -2.33. The lowest BCUT2D eigenvalue weighted by atomic mass is 9.71. The van der Waals surface area contributed by atoms with Gasteiger partial charge in [0, 0.05) is 17.8 Å². The Hall–Kier alpha value is -0.660. The minimum Gasteiger partial charge on any atom is -0.303 e. The highest BCUT2D eigenvalue weighted by molar-refractivity contribution is 5.90. The van der Waals surface area contributed by atoms with Gasteiger partial charge in [-0.05, 0) is 31.6 Å². The fourth-order valence-corrected chi connectivity index (χ4v) is 3.15. The zero-order valence-electron chi connectivity index (χ0n) is 8.08. The van der Waals surface area contributed by atoms with Crippen molar-refractivity contribution >= 4 is 12.1 Å². The van der Waals surface area contributed by atoms with E-state index < -0.39 is 0 Å². The molecule has 3 atom stereocenters. The second kappa shape index (κ2) is 2.93. The number of carbonyl (C=O) groups is 2. The summed E-state index contributed by atoms with van der Waals surface area (Å²) in [4.78, 5) is 22.2. The number of Topliss-reactive ketones (excluding diaryl/α,β-unsaturated/α-hetero) is 1. The Bertz CT molecular complexity index is 246. The summed E-state index contributed by atoms with van der Waals surface area (Å²) in [5.74, 6) is 1.34. The number of fused-ring (bicyclic) bond motifs is 2. The van der Waals surface area contributed by atoms with E-state index in [4.69, 9.17) is 0 Å². The first-order valence-electron chi connectivity index (χ1n) is 5.16. The minimum absolute atomic E-state index is 0.149. The van der Waals surface area contributed by atoms with Crippen LogP contribution in [0.15, 0.2) is 0 Å². The van der Waals surface area contributed by atoms with E-state index >= 15 is 0 Å². The number of hydrogen-bond donors (Lipinski definition) is 0. The quantitative estimate of drug-likeness (QED) is 0.622. The summed E-state index contributed by atoms with van der Waals surface area (Å²) in [6, 6.07) is 0. The number of aldehydes is 1. The fourth-order valence-electron chi connectivity index (χ4n) is 3.15. The number of carbonyl (C=O) groups excluding carboxylic acids is 2. The van der Waals surface area contributed by atoms with Crippen LogP contribution in [0.5, 0.6) is 0 Å². The van der Waals surface area contributed by atoms with Gasteiger partial charge in [-0.15, -0.1) is 0 Å². The van der Waals surface area contributed by atoms with Crippen molar-refractivity contribution in [1.82, 2.24) is 0 Å². The summed E-state index contributed by atoms with van der Waals surface area (Å²) >= 11 is 0. The number of hydrogen-bond acceptors (Lipinski definition) is 2. The standard InChI is InChI=1S/C11H16O2/c1-11(5-2-6-12)9-4-3-8(7-9)10(11)13/h6,8-9H,2-5,7H2,1H3. The predicted octanol–water partition coefficient (Wildman–Crippen LogP) is 1.97. The Morgan fingerprint density at radius 2 is 2.31 bits per heavy atom. The van der Waals surface area contributed by atoms with Gasteiger partial charge in [0.05, 0.1) is 0 Å². The Balaban J connectivity index is 2.13. The molecular weight excluding hydrogens is 164 g/mol. The van der Waals surface area contributed by atoms with Crippen molar-refractivity contribution in [2.45, 2.75) is 39.0 Å². The van der Waals surface area contributed by atoms with E-state index in [0.717, 1.165) is 25.5 Å². The molecule has 13 heavy (non-hydrogen) atoms. The monoisotopic (exact) mass is 180 g/mol. The van der Waals surface area contributed by atoms with Crippen LogP contribution in [-0.2, 0) is 9.59 Å². The first-order chi connectivity index (χ1) is 6.18. The molecule has 0 radical (unpaired) electrons. The van der Waals surface area contributed by atoms with Crippen LogP contribution in [0, 0.1) is 17.3 Å². The molecule has 0 saturated heterocycles. The van der Waals surface area contributed by atoms with E-state index in [1.54, 1.807) is 0 Å². The molecule has 0 heterocycles. The summed E-state index contributed by atoms with van der Waals surface area (Å²) in [5.41, 5.74) is -0.149. The lowest BCUT2D eigenvalue weighted by Gasteiger charge is -2.31. The predicted molar refractivity (Wildman–Crippen MR) is 49.2 cm³/mol. The molecule has 0 aromatic heterocycles. The van der Waals surface area contributed by atoms with Gasteiger partial charge in [0.2, 0.25) is 0 Å². The van der Waals surface area contributed by atoms with E-state index in [0.29, 0.717) is 24.0 Å². The van der Waals surface area contributed by atoms with Crippen LogP contribution < -0.4 is 0 Å². The molecule has 0 aliphatic heterocycles. The van der Waals surface area contributed by atoms with Gasteiger partial charge in [0.25, 0.3) is 0 Å². The Morgan fingerprint density at radius 1 is 1.54 bits per heavy atom. The molecule has 3 unspecified atom stereocenters. The summed E-state index contributed by atoms with van der Waals surface area (Å²) in [6.45, 7) is 2.06. The van der Waals surface area contributed by atoms with Crippen LogP contribution in [0.4, 0.5) is 0 Å². The van der Waals surface area contributed by atoms with Gasteiger partial charge in [0.1, 0.15) is 12.1 Å². The first-order valence-corrected chi connectivity index (χ1v) is 5.16. The Morgan fingerprint density at radius 3 is 2.85 bits per heavy atom. The van der Waals surface area contributed by atoms with E-state index in [1.165, 1.54) is 6.42 Å². The second-order valence-electron chi connectivity index (χ2n) is 4.69. The first kappa shape index (κ1) is 8.92. The average molecular weight is 180 g/mol. The molecule has 72 valence electrons. The van der Waals surface area contributed by atoms with Gasteiger partial charge < -0.3 is 4.79 Å². The van der Waals surface area contributed by atoms with E-state index in [1.807, 2.05) is 0 Å². The van der Waals surface area contributed by atoms with Gasteiger partial charge in [-0.1, -0.05) is 6.92 Å². The molecule has 2 fully saturated rings. The van der Waals surface area contributed by atoms with E-state index in [9.17, 15) is 9.59 Å². The van der Waals surface area contributed by atoms with Crippen molar-refractivity contribution in [3.8, 4) is 0 Å². The molecule has 0 aromatic rings. The van der Waals surface area contributed by atoms with Crippen molar-refractivity contribution in [1.29, 1.82) is 0 Å². The van der Waals surface area contributed by atoms with Gasteiger partial charge >= 0.3 is 0 Å². The van der Waals surface area contributed by atoms with Crippen LogP contribution in [0.3, 0.4) is 0 Å². The van der Waals surface area contributed by atoms with Crippen molar-refractivity contribution in [3.63, 3.8) is 0 Å². The zero-order valence-corrected chi connectivity index (χ0v) is 8.08. The fraction of sp³-hybridized carbons (Fsp3) is 0.818. The molecule has 2 aliphatic carbocycles. The van der Waals surface area contributed by atoms with Crippen molar-refractivity contribution in [3.05, 3.63) is 0 Å². The van der Waals surface area contributed by atoms with Crippen molar-refractivity contribution in [2.75, 3.05) is 0 Å². The van der Waals surface area contributed by atoms with Crippen LogP contribution in [0.25, 0.3) is 0 Å². The SMILES string of the molecule is CC1(CCC=O)C(=O)C2CCC1C2. The van der Waals surface area contributed by atoms with E-state index in [-0.39, 0.29) is 5.41 Å². The van der Waals surface area contributed by atoms with Crippen molar-refractivity contribution < 1.29 is 9.59 Å². The summed E-state index contributed by atoms with van der Waals surface area (Å²) < 4.78 is 0. The number of rotatable bonds is 3. The minimum atomic E-state index is -0.149. The third kappa shape index (κ3) is 1.15. The lowest BCUT2D eigenvalue weighted by molar-refractivity contribution is -0.132. The Labute approximate surface area is 78.7 Å². The average Bonchev–Trinajstić information content (AvgIpc) is 2.68. The van der Waals surface area contributed by atoms with Crippen LogP contribution in [-0.4, -0.2) is 12.1 Å². The Kier molecular flexibility index (Phi) is 2.01. The summed E-state index contributed by atoms with van der Waals surface area (Å²) in [6.07, 6.45) is 5.65. The molecule has 2 rings (SSSR count). The van der Waals surface area contributed by atoms with Gasteiger partial charge in [-0.3, -0.25) is 4.79 Å². The van der Waals surface area contributed by atoms with Crippen LogP contribution in [0.1, 0.15) is 39.0 Å². The zero-order chi connectivity index (χ0) is 9.47. The smallest absolute Gasteiger partial charge is 0.142 e. The highest BCUT2D eigenvalue weighted by Gasteiger charge is 2.54. The topological polar surface area (TPSA) is 34.1 Å². The maximum absolute atomic E-state index is 11.9. The van der Waals surface area contributed by atoms with Crippen LogP contribution in [0.2, 0.25) is 0 Å². The molecular formula is C11H16O2. The van der Waals surface area contributed by atoms with Gasteiger partial charge in [-0.2, -0.15) is 0 Å². The molecule has 0 amide bonds. The maximum atomic E-state index is 11.9.